The average molecular weight is 221 g/mol. The molecule has 3 nitrogen and oxygen atoms in total. The Hall–Kier alpha value is -1.09. The summed E-state index contributed by atoms with van der Waals surface area (Å²) in [6.45, 7) is 5.40. The number of hydrogen-bond donors (Lipinski definition) is 0. The van der Waals surface area contributed by atoms with Gasteiger partial charge in [-0.15, -0.1) is 0 Å². The first kappa shape index (κ1) is 11.4. The number of carbonyl (C=O) groups is 1. The third-order valence-electron chi connectivity index (χ3n) is 3.36. The Morgan fingerprint density at radius 2 is 2.44 bits per heavy atom. The Bertz CT molecular complexity index is 345. The quantitative estimate of drug-likeness (QED) is 0.733. The van der Waals surface area contributed by atoms with E-state index in [0.717, 1.165) is 37.6 Å². The van der Waals surface area contributed by atoms with Crippen molar-refractivity contribution in [3.05, 3.63) is 23.7 Å². The van der Waals surface area contributed by atoms with Crippen molar-refractivity contribution in [2.45, 2.75) is 32.7 Å². The molecule has 88 valence electrons. The van der Waals surface area contributed by atoms with E-state index in [1.165, 1.54) is 19.3 Å². The lowest BCUT2D eigenvalue weighted by molar-refractivity contribution is 0.109. The van der Waals surface area contributed by atoms with Crippen molar-refractivity contribution in [2.24, 2.45) is 5.92 Å². The van der Waals surface area contributed by atoms with E-state index in [1.807, 2.05) is 6.07 Å². The topological polar surface area (TPSA) is 33.5 Å². The van der Waals surface area contributed by atoms with Gasteiger partial charge in [0.2, 0.25) is 0 Å². The number of piperidine rings is 1. The summed E-state index contributed by atoms with van der Waals surface area (Å²) in [5.74, 6) is 2.16. The van der Waals surface area contributed by atoms with Crippen LogP contribution in [0.1, 0.15) is 42.5 Å². The fraction of sp³-hybridized carbons (Fsp3) is 0.615. The Balaban J connectivity index is 1.91. The molecule has 0 N–H and O–H groups in total. The molecule has 1 aliphatic rings. The number of likely N-dealkylation sites (tertiary alicyclic amines) is 1. The van der Waals surface area contributed by atoms with Crippen molar-refractivity contribution in [2.75, 3.05) is 13.1 Å². The molecule has 0 spiro atoms. The highest BCUT2D eigenvalue weighted by Gasteiger charge is 2.19. The van der Waals surface area contributed by atoms with E-state index >= 15 is 0 Å². The first-order valence-corrected chi connectivity index (χ1v) is 6.08. The van der Waals surface area contributed by atoms with Gasteiger partial charge in [0.25, 0.3) is 0 Å². The zero-order chi connectivity index (χ0) is 11.4. The van der Waals surface area contributed by atoms with Crippen LogP contribution in [0, 0.1) is 5.92 Å². The smallest absolute Gasteiger partial charge is 0.185 e. The van der Waals surface area contributed by atoms with Crippen LogP contribution in [0.2, 0.25) is 0 Å². The standard InChI is InChI=1S/C13H19NO2/c1-2-11-4-3-7-14(8-11)9-12-5-6-13(10-15)16-12/h5-6,10-11H,2-4,7-9H2,1H3. The second-order valence-electron chi connectivity index (χ2n) is 4.57. The van der Waals surface area contributed by atoms with Crippen LogP contribution < -0.4 is 0 Å². The Kier molecular flexibility index (Phi) is 3.78. The predicted octanol–water partition coefficient (Wildman–Crippen LogP) is 2.71. The molecule has 2 heterocycles. The molecule has 0 radical (unpaired) electrons. The number of aldehydes is 1. The molecule has 1 aliphatic heterocycles. The lowest BCUT2D eigenvalue weighted by atomic mass is 9.96. The highest BCUT2D eigenvalue weighted by Crippen LogP contribution is 2.21. The van der Waals surface area contributed by atoms with Gasteiger partial charge < -0.3 is 4.42 Å². The van der Waals surface area contributed by atoms with Crippen molar-refractivity contribution in [3.8, 4) is 0 Å². The number of nitrogens with zero attached hydrogens (tertiary/aromatic N) is 1. The number of hydrogen-bond acceptors (Lipinski definition) is 3. The van der Waals surface area contributed by atoms with Crippen molar-refractivity contribution in [1.82, 2.24) is 4.90 Å². The summed E-state index contributed by atoms with van der Waals surface area (Å²) in [5, 5.41) is 0. The van der Waals surface area contributed by atoms with Crippen LogP contribution in [-0.2, 0) is 6.54 Å². The van der Waals surface area contributed by atoms with Gasteiger partial charge in [0, 0.05) is 6.54 Å². The molecule has 1 fully saturated rings. The largest absolute Gasteiger partial charge is 0.457 e. The molecular weight excluding hydrogens is 202 g/mol. The Morgan fingerprint density at radius 1 is 1.56 bits per heavy atom. The molecule has 16 heavy (non-hydrogen) atoms. The number of furan rings is 1. The summed E-state index contributed by atoms with van der Waals surface area (Å²) in [6.07, 6.45) is 4.65. The first-order valence-electron chi connectivity index (χ1n) is 6.08. The highest BCUT2D eigenvalue weighted by atomic mass is 16.3. The average Bonchev–Trinajstić information content (AvgIpc) is 2.77. The lowest BCUT2D eigenvalue weighted by Crippen LogP contribution is -2.34. The van der Waals surface area contributed by atoms with Crippen LogP contribution in [0.3, 0.4) is 0 Å². The molecule has 1 aromatic rings. The second kappa shape index (κ2) is 5.30. The maximum absolute atomic E-state index is 10.5. The molecule has 1 saturated heterocycles. The zero-order valence-electron chi connectivity index (χ0n) is 9.82. The summed E-state index contributed by atoms with van der Waals surface area (Å²) in [6, 6.07) is 3.64. The minimum atomic E-state index is 0.430. The summed E-state index contributed by atoms with van der Waals surface area (Å²) in [4.78, 5) is 12.9. The molecule has 0 aliphatic carbocycles. The monoisotopic (exact) mass is 221 g/mol. The van der Waals surface area contributed by atoms with Gasteiger partial charge in [-0.3, -0.25) is 9.69 Å². The molecule has 0 saturated carbocycles. The van der Waals surface area contributed by atoms with Crippen LogP contribution in [0.4, 0.5) is 0 Å². The molecular formula is C13H19NO2. The van der Waals surface area contributed by atoms with Crippen molar-refractivity contribution < 1.29 is 9.21 Å². The maximum atomic E-state index is 10.5. The second-order valence-corrected chi connectivity index (χ2v) is 4.57. The lowest BCUT2D eigenvalue weighted by Gasteiger charge is -2.31. The van der Waals surface area contributed by atoms with Gasteiger partial charge in [-0.1, -0.05) is 13.3 Å². The normalized spacial score (nSPS) is 22.2. The highest BCUT2D eigenvalue weighted by molar-refractivity contribution is 5.70. The Morgan fingerprint density at radius 3 is 3.12 bits per heavy atom. The van der Waals surface area contributed by atoms with Crippen molar-refractivity contribution in [3.63, 3.8) is 0 Å². The molecule has 3 heteroatoms. The van der Waals surface area contributed by atoms with Gasteiger partial charge in [-0.25, -0.2) is 0 Å². The molecule has 0 amide bonds. The van der Waals surface area contributed by atoms with Crippen molar-refractivity contribution >= 4 is 6.29 Å². The predicted molar refractivity (Wildman–Crippen MR) is 62.4 cm³/mol. The molecule has 1 atom stereocenters. The molecule has 1 aromatic heterocycles. The van der Waals surface area contributed by atoms with Gasteiger partial charge >= 0.3 is 0 Å². The maximum Gasteiger partial charge on any atom is 0.185 e. The van der Waals surface area contributed by atoms with Crippen LogP contribution in [0.15, 0.2) is 16.5 Å². The van der Waals surface area contributed by atoms with Crippen LogP contribution in [0.25, 0.3) is 0 Å². The van der Waals surface area contributed by atoms with Gasteiger partial charge in [0.15, 0.2) is 12.0 Å². The minimum Gasteiger partial charge on any atom is -0.457 e. The number of carbonyl (C=O) groups excluding carboxylic acids is 1. The fourth-order valence-corrected chi connectivity index (χ4v) is 2.39. The van der Waals surface area contributed by atoms with E-state index in [9.17, 15) is 4.79 Å². The van der Waals surface area contributed by atoms with Gasteiger partial charge in [0.1, 0.15) is 5.76 Å². The number of rotatable bonds is 4. The minimum absolute atomic E-state index is 0.430. The summed E-state index contributed by atoms with van der Waals surface area (Å²) in [7, 11) is 0. The van der Waals surface area contributed by atoms with E-state index < -0.39 is 0 Å². The summed E-state index contributed by atoms with van der Waals surface area (Å²) >= 11 is 0. The van der Waals surface area contributed by atoms with Gasteiger partial charge in [0.05, 0.1) is 6.54 Å². The molecule has 2 rings (SSSR count). The SMILES string of the molecule is CCC1CCCN(Cc2ccc(C=O)o2)C1. The van der Waals surface area contributed by atoms with Gasteiger partial charge in [-0.2, -0.15) is 0 Å². The fourth-order valence-electron chi connectivity index (χ4n) is 2.39. The van der Waals surface area contributed by atoms with E-state index in [2.05, 4.69) is 11.8 Å². The van der Waals surface area contributed by atoms with E-state index in [-0.39, 0.29) is 0 Å². The third-order valence-corrected chi connectivity index (χ3v) is 3.36. The van der Waals surface area contributed by atoms with Crippen molar-refractivity contribution in [1.29, 1.82) is 0 Å². The molecule has 1 unspecified atom stereocenters. The van der Waals surface area contributed by atoms with E-state index in [0.29, 0.717) is 5.76 Å². The summed E-state index contributed by atoms with van der Waals surface area (Å²) in [5.41, 5.74) is 0. The van der Waals surface area contributed by atoms with E-state index in [4.69, 9.17) is 4.42 Å². The third kappa shape index (κ3) is 2.73. The van der Waals surface area contributed by atoms with Gasteiger partial charge in [-0.05, 0) is 37.4 Å². The first-order chi connectivity index (χ1) is 7.81. The van der Waals surface area contributed by atoms with Crippen LogP contribution in [-0.4, -0.2) is 24.3 Å². The Labute approximate surface area is 96.4 Å². The van der Waals surface area contributed by atoms with E-state index in [1.54, 1.807) is 6.07 Å². The zero-order valence-corrected chi connectivity index (χ0v) is 9.82. The molecule has 0 bridgehead atoms. The molecule has 0 aromatic carbocycles. The van der Waals surface area contributed by atoms with Crippen LogP contribution >= 0.6 is 0 Å². The summed E-state index contributed by atoms with van der Waals surface area (Å²) < 4.78 is 5.39. The van der Waals surface area contributed by atoms with Crippen LogP contribution in [0.5, 0.6) is 0 Å².